The van der Waals surface area contributed by atoms with Gasteiger partial charge < -0.3 is 24.4 Å². The van der Waals surface area contributed by atoms with Crippen LogP contribution in [-0.2, 0) is 16.0 Å². The number of carboxylic acid groups (broad SMARTS) is 1. The van der Waals surface area contributed by atoms with Crippen molar-refractivity contribution in [3.05, 3.63) is 76.6 Å². The summed E-state index contributed by atoms with van der Waals surface area (Å²) >= 11 is 0. The predicted molar refractivity (Wildman–Crippen MR) is 95.1 cm³/mol. The number of hydrogen-bond acceptors (Lipinski definition) is 6. The summed E-state index contributed by atoms with van der Waals surface area (Å²) in [5.41, 5.74) is 0.602. The fourth-order valence-corrected chi connectivity index (χ4v) is 2.56. The molecule has 3 aromatic rings. The van der Waals surface area contributed by atoms with Gasteiger partial charge in [0.2, 0.25) is 0 Å². The Morgan fingerprint density at radius 3 is 2.56 bits per heavy atom. The van der Waals surface area contributed by atoms with Gasteiger partial charge in [-0.1, -0.05) is 30.3 Å². The van der Waals surface area contributed by atoms with Gasteiger partial charge in [0.1, 0.15) is 11.3 Å². The number of amides is 1. The molecule has 1 aromatic heterocycles. The Kier molecular flexibility index (Phi) is 5.51. The van der Waals surface area contributed by atoms with E-state index in [4.69, 9.17) is 9.15 Å². The van der Waals surface area contributed by atoms with E-state index in [1.165, 1.54) is 12.1 Å². The standard InChI is InChI=1S/C20H17NO6/c22-18(21-16(20(24)25)10-13-4-2-1-3-5-13)12-26-15-8-6-14-7-9-19(23)27-17(14)11-15/h1-9,11,16H,10,12H2,(H,21,22)(H,24,25)/p-1/t16-/m0/s1. The largest absolute Gasteiger partial charge is 0.548 e. The molecule has 0 saturated carbocycles. The zero-order valence-corrected chi connectivity index (χ0v) is 14.2. The van der Waals surface area contributed by atoms with E-state index < -0.39 is 23.5 Å². The van der Waals surface area contributed by atoms with E-state index in [0.717, 1.165) is 5.56 Å². The Labute approximate surface area is 154 Å². The second-order valence-corrected chi connectivity index (χ2v) is 5.87. The Hall–Kier alpha value is -3.61. The van der Waals surface area contributed by atoms with Gasteiger partial charge in [-0.2, -0.15) is 0 Å². The molecule has 0 radical (unpaired) electrons. The molecule has 0 unspecified atom stereocenters. The molecule has 0 fully saturated rings. The lowest BCUT2D eigenvalue weighted by molar-refractivity contribution is -0.308. The molecule has 0 saturated heterocycles. The zero-order chi connectivity index (χ0) is 19.2. The number of benzene rings is 2. The van der Waals surface area contributed by atoms with Gasteiger partial charge in [-0.15, -0.1) is 0 Å². The maximum absolute atomic E-state index is 12.0. The minimum Gasteiger partial charge on any atom is -0.548 e. The van der Waals surface area contributed by atoms with E-state index in [1.54, 1.807) is 42.5 Å². The maximum atomic E-state index is 12.0. The highest BCUT2D eigenvalue weighted by Crippen LogP contribution is 2.19. The summed E-state index contributed by atoms with van der Waals surface area (Å²) in [6, 6.07) is 15.5. The number of nitrogens with one attached hydrogen (secondary N) is 1. The van der Waals surface area contributed by atoms with Gasteiger partial charge in [0.05, 0.1) is 12.0 Å². The number of rotatable bonds is 7. The predicted octanol–water partition coefficient (Wildman–Crippen LogP) is 0.649. The van der Waals surface area contributed by atoms with Crippen LogP contribution in [0.4, 0.5) is 0 Å². The van der Waals surface area contributed by atoms with Gasteiger partial charge in [0.15, 0.2) is 6.61 Å². The quantitative estimate of drug-likeness (QED) is 0.615. The van der Waals surface area contributed by atoms with Crippen molar-refractivity contribution in [3.8, 4) is 5.75 Å². The van der Waals surface area contributed by atoms with Crippen LogP contribution < -0.4 is 20.8 Å². The molecule has 0 aliphatic rings. The van der Waals surface area contributed by atoms with E-state index >= 15 is 0 Å². The topological polar surface area (TPSA) is 109 Å². The van der Waals surface area contributed by atoms with E-state index in [2.05, 4.69) is 5.32 Å². The summed E-state index contributed by atoms with van der Waals surface area (Å²) in [6.45, 7) is -0.388. The van der Waals surface area contributed by atoms with Crippen LogP contribution in [-0.4, -0.2) is 24.5 Å². The molecular formula is C20H16NO6-. The highest BCUT2D eigenvalue weighted by molar-refractivity contribution is 5.84. The number of carboxylic acids is 1. The molecular weight excluding hydrogens is 350 g/mol. The Morgan fingerprint density at radius 1 is 1.07 bits per heavy atom. The number of carbonyl (C=O) groups is 2. The SMILES string of the molecule is O=C(COc1ccc2ccc(=O)oc2c1)N[C@@H](Cc1ccccc1)C(=O)[O-]. The van der Waals surface area contributed by atoms with Crippen LogP contribution in [0.1, 0.15) is 5.56 Å². The molecule has 0 aliphatic carbocycles. The van der Waals surface area contributed by atoms with Crippen molar-refractivity contribution in [2.24, 2.45) is 0 Å². The minimum absolute atomic E-state index is 0.107. The number of hydrogen-bond donors (Lipinski definition) is 1. The molecule has 138 valence electrons. The second-order valence-electron chi connectivity index (χ2n) is 5.87. The van der Waals surface area contributed by atoms with Crippen LogP contribution in [0.3, 0.4) is 0 Å². The normalized spacial score (nSPS) is 11.7. The lowest BCUT2D eigenvalue weighted by Gasteiger charge is -2.20. The van der Waals surface area contributed by atoms with Gasteiger partial charge in [0.25, 0.3) is 5.91 Å². The second kappa shape index (κ2) is 8.18. The average molecular weight is 366 g/mol. The highest BCUT2D eigenvalue weighted by Gasteiger charge is 2.15. The van der Waals surface area contributed by atoms with Gasteiger partial charge >= 0.3 is 5.63 Å². The Bertz CT molecular complexity index is 1010. The molecule has 0 spiro atoms. The first-order valence-corrected chi connectivity index (χ1v) is 8.22. The Morgan fingerprint density at radius 2 is 1.81 bits per heavy atom. The van der Waals surface area contributed by atoms with Crippen molar-refractivity contribution in [2.75, 3.05) is 6.61 Å². The van der Waals surface area contributed by atoms with Gasteiger partial charge in [0, 0.05) is 17.5 Å². The monoisotopic (exact) mass is 366 g/mol. The molecule has 1 atom stereocenters. The lowest BCUT2D eigenvalue weighted by atomic mass is 10.1. The van der Waals surface area contributed by atoms with E-state index in [1.807, 2.05) is 6.07 Å². The molecule has 27 heavy (non-hydrogen) atoms. The highest BCUT2D eigenvalue weighted by atomic mass is 16.5. The fraction of sp³-hybridized carbons (Fsp3) is 0.150. The molecule has 3 rings (SSSR count). The first-order valence-electron chi connectivity index (χ1n) is 8.22. The molecule has 1 N–H and O–H groups in total. The minimum atomic E-state index is -1.38. The van der Waals surface area contributed by atoms with Gasteiger partial charge in [-0.25, -0.2) is 4.79 Å². The van der Waals surface area contributed by atoms with E-state index in [9.17, 15) is 19.5 Å². The third-order valence-corrected chi connectivity index (χ3v) is 3.87. The molecule has 1 amide bonds. The van der Waals surface area contributed by atoms with Crippen LogP contribution in [0, 0.1) is 0 Å². The lowest BCUT2D eigenvalue weighted by Crippen LogP contribution is -2.50. The summed E-state index contributed by atoms with van der Waals surface area (Å²) in [5, 5.41) is 14.4. The van der Waals surface area contributed by atoms with Crippen molar-refractivity contribution in [1.82, 2.24) is 5.32 Å². The smallest absolute Gasteiger partial charge is 0.336 e. The molecule has 2 aromatic carbocycles. The summed E-state index contributed by atoms with van der Waals surface area (Å²) in [4.78, 5) is 34.6. The summed E-state index contributed by atoms with van der Waals surface area (Å²) in [7, 11) is 0. The van der Waals surface area contributed by atoms with Crippen molar-refractivity contribution < 1.29 is 23.8 Å². The molecule has 0 bridgehead atoms. The van der Waals surface area contributed by atoms with Crippen LogP contribution in [0.25, 0.3) is 11.0 Å². The van der Waals surface area contributed by atoms with E-state index in [0.29, 0.717) is 16.7 Å². The number of aliphatic carboxylic acids is 1. The Balaban J connectivity index is 1.61. The van der Waals surface area contributed by atoms with Crippen LogP contribution in [0.2, 0.25) is 0 Å². The van der Waals surface area contributed by atoms with Crippen molar-refractivity contribution in [1.29, 1.82) is 0 Å². The summed E-state index contributed by atoms with van der Waals surface area (Å²) < 4.78 is 10.4. The molecule has 1 heterocycles. The molecule has 0 aliphatic heterocycles. The van der Waals surface area contributed by atoms with Crippen LogP contribution >= 0.6 is 0 Å². The number of fused-ring (bicyclic) bond motifs is 1. The van der Waals surface area contributed by atoms with Crippen molar-refractivity contribution in [3.63, 3.8) is 0 Å². The third-order valence-electron chi connectivity index (χ3n) is 3.87. The zero-order valence-electron chi connectivity index (χ0n) is 14.2. The van der Waals surface area contributed by atoms with Crippen LogP contribution in [0.5, 0.6) is 5.75 Å². The third kappa shape index (κ3) is 4.94. The van der Waals surface area contributed by atoms with Crippen molar-refractivity contribution in [2.45, 2.75) is 12.5 Å². The maximum Gasteiger partial charge on any atom is 0.336 e. The summed E-state index contributed by atoms with van der Waals surface area (Å²) in [6.07, 6.45) is 0.107. The van der Waals surface area contributed by atoms with Crippen molar-refractivity contribution >= 4 is 22.8 Å². The molecule has 7 nitrogen and oxygen atoms in total. The number of carbonyl (C=O) groups excluding carboxylic acids is 2. The van der Waals surface area contributed by atoms with Crippen LogP contribution in [0.15, 0.2) is 69.9 Å². The number of ether oxygens (including phenoxy) is 1. The average Bonchev–Trinajstić information content (AvgIpc) is 2.66. The van der Waals surface area contributed by atoms with Gasteiger partial charge in [-0.3, -0.25) is 4.79 Å². The first kappa shape index (κ1) is 18.2. The molecule has 7 heteroatoms. The summed E-state index contributed by atoms with van der Waals surface area (Å²) in [5.74, 6) is -1.66. The fourth-order valence-electron chi connectivity index (χ4n) is 2.56. The first-order chi connectivity index (χ1) is 13.0. The van der Waals surface area contributed by atoms with Gasteiger partial charge in [-0.05, 0) is 30.2 Å². The van der Waals surface area contributed by atoms with E-state index in [-0.39, 0.29) is 13.0 Å².